The SMILES string of the molecule is CC(C#N)CN1C(=O)C(C)Oc2ccccc21. The van der Waals surface area contributed by atoms with E-state index in [-0.39, 0.29) is 11.8 Å². The predicted octanol–water partition coefficient (Wildman–Crippen LogP) is 1.96. The third-order valence-corrected chi connectivity index (χ3v) is 2.75. The molecule has 0 aliphatic carbocycles. The fourth-order valence-electron chi connectivity index (χ4n) is 1.86. The molecule has 0 aromatic heterocycles. The molecule has 1 aliphatic heterocycles. The van der Waals surface area contributed by atoms with E-state index in [1.807, 2.05) is 24.3 Å². The normalized spacial score (nSPS) is 20.2. The van der Waals surface area contributed by atoms with E-state index < -0.39 is 6.10 Å². The highest BCUT2D eigenvalue weighted by atomic mass is 16.5. The molecule has 1 aromatic rings. The summed E-state index contributed by atoms with van der Waals surface area (Å²) in [6.07, 6.45) is -0.490. The van der Waals surface area contributed by atoms with Crippen LogP contribution in [0.5, 0.6) is 5.75 Å². The number of para-hydroxylation sites is 2. The number of hydrogen-bond donors (Lipinski definition) is 0. The first-order chi connectivity index (χ1) is 8.13. The van der Waals surface area contributed by atoms with Gasteiger partial charge in [0.1, 0.15) is 5.75 Å². The monoisotopic (exact) mass is 230 g/mol. The van der Waals surface area contributed by atoms with Crippen molar-refractivity contribution in [1.29, 1.82) is 5.26 Å². The molecule has 0 N–H and O–H groups in total. The zero-order valence-corrected chi connectivity index (χ0v) is 9.88. The third-order valence-electron chi connectivity index (χ3n) is 2.75. The summed E-state index contributed by atoms with van der Waals surface area (Å²) < 4.78 is 5.52. The number of nitriles is 1. The van der Waals surface area contributed by atoms with Gasteiger partial charge in [0.15, 0.2) is 6.10 Å². The second-order valence-corrected chi connectivity index (χ2v) is 4.21. The molecule has 0 bridgehead atoms. The number of hydrogen-bond acceptors (Lipinski definition) is 3. The fourth-order valence-corrected chi connectivity index (χ4v) is 1.86. The Morgan fingerprint density at radius 3 is 2.94 bits per heavy atom. The van der Waals surface area contributed by atoms with Crippen LogP contribution in [-0.4, -0.2) is 18.6 Å². The average molecular weight is 230 g/mol. The highest BCUT2D eigenvalue weighted by Gasteiger charge is 2.31. The van der Waals surface area contributed by atoms with E-state index in [9.17, 15) is 4.79 Å². The van der Waals surface area contributed by atoms with Crippen LogP contribution in [0.2, 0.25) is 0 Å². The van der Waals surface area contributed by atoms with Crippen molar-refractivity contribution in [2.24, 2.45) is 5.92 Å². The molecule has 0 radical (unpaired) electrons. The third kappa shape index (κ3) is 2.09. The van der Waals surface area contributed by atoms with Crippen molar-refractivity contribution < 1.29 is 9.53 Å². The molecule has 88 valence electrons. The van der Waals surface area contributed by atoms with Gasteiger partial charge in [-0.2, -0.15) is 5.26 Å². The molecule has 0 spiro atoms. The van der Waals surface area contributed by atoms with Crippen LogP contribution in [0.1, 0.15) is 13.8 Å². The van der Waals surface area contributed by atoms with Crippen LogP contribution in [0.3, 0.4) is 0 Å². The standard InChI is InChI=1S/C13H14N2O2/c1-9(7-14)8-15-11-5-3-4-6-12(11)17-10(2)13(15)16/h3-6,9-10H,8H2,1-2H3. The van der Waals surface area contributed by atoms with E-state index in [2.05, 4.69) is 6.07 Å². The predicted molar refractivity (Wildman–Crippen MR) is 63.7 cm³/mol. The van der Waals surface area contributed by atoms with Crippen LogP contribution in [0.15, 0.2) is 24.3 Å². The van der Waals surface area contributed by atoms with E-state index in [4.69, 9.17) is 10.00 Å². The Morgan fingerprint density at radius 2 is 2.24 bits per heavy atom. The van der Waals surface area contributed by atoms with Gasteiger partial charge in [0.2, 0.25) is 0 Å². The van der Waals surface area contributed by atoms with E-state index in [1.54, 1.807) is 18.7 Å². The molecule has 17 heavy (non-hydrogen) atoms. The van der Waals surface area contributed by atoms with Gasteiger partial charge in [0.05, 0.1) is 17.7 Å². The van der Waals surface area contributed by atoms with Crippen molar-refractivity contribution in [3.63, 3.8) is 0 Å². The molecule has 1 amide bonds. The van der Waals surface area contributed by atoms with Crippen LogP contribution in [0.4, 0.5) is 5.69 Å². The van der Waals surface area contributed by atoms with Gasteiger partial charge in [-0.25, -0.2) is 0 Å². The van der Waals surface area contributed by atoms with E-state index >= 15 is 0 Å². The lowest BCUT2D eigenvalue weighted by Gasteiger charge is -2.33. The zero-order valence-electron chi connectivity index (χ0n) is 9.88. The number of anilines is 1. The summed E-state index contributed by atoms with van der Waals surface area (Å²) in [7, 11) is 0. The maximum atomic E-state index is 12.0. The second-order valence-electron chi connectivity index (χ2n) is 4.21. The topological polar surface area (TPSA) is 53.3 Å². The zero-order chi connectivity index (χ0) is 12.4. The van der Waals surface area contributed by atoms with Crippen molar-refractivity contribution in [1.82, 2.24) is 0 Å². The fraction of sp³-hybridized carbons (Fsp3) is 0.385. The first-order valence-electron chi connectivity index (χ1n) is 5.60. The Labute approximate surface area is 100 Å². The van der Waals surface area contributed by atoms with E-state index in [0.29, 0.717) is 12.3 Å². The molecule has 2 unspecified atom stereocenters. The summed E-state index contributed by atoms with van der Waals surface area (Å²) >= 11 is 0. The summed E-state index contributed by atoms with van der Waals surface area (Å²) in [5, 5.41) is 8.85. The molecule has 0 saturated heterocycles. The van der Waals surface area contributed by atoms with Crippen molar-refractivity contribution in [3.05, 3.63) is 24.3 Å². The first-order valence-corrected chi connectivity index (χ1v) is 5.60. The Bertz CT molecular complexity index is 479. The maximum Gasteiger partial charge on any atom is 0.267 e. The first kappa shape index (κ1) is 11.5. The number of amides is 1. The molecule has 1 aromatic carbocycles. The lowest BCUT2D eigenvalue weighted by atomic mass is 10.1. The number of carbonyl (C=O) groups excluding carboxylic acids is 1. The molecule has 4 heteroatoms. The van der Waals surface area contributed by atoms with E-state index in [1.165, 1.54) is 0 Å². The number of nitrogens with zero attached hydrogens (tertiary/aromatic N) is 2. The maximum absolute atomic E-state index is 12.0. The van der Waals surface area contributed by atoms with Crippen molar-refractivity contribution >= 4 is 11.6 Å². The van der Waals surface area contributed by atoms with Gasteiger partial charge in [-0.15, -0.1) is 0 Å². The van der Waals surface area contributed by atoms with Crippen molar-refractivity contribution in [2.75, 3.05) is 11.4 Å². The lowest BCUT2D eigenvalue weighted by molar-refractivity contribution is -0.125. The summed E-state index contributed by atoms with van der Waals surface area (Å²) in [6.45, 7) is 3.93. The number of benzene rings is 1. The van der Waals surface area contributed by atoms with Gasteiger partial charge in [-0.05, 0) is 26.0 Å². The van der Waals surface area contributed by atoms with Crippen LogP contribution in [-0.2, 0) is 4.79 Å². The number of carbonyl (C=O) groups is 1. The Kier molecular flexibility index (Phi) is 3.01. The molecule has 0 fully saturated rings. The minimum absolute atomic E-state index is 0.0919. The molecule has 2 atom stereocenters. The van der Waals surface area contributed by atoms with Gasteiger partial charge < -0.3 is 9.64 Å². The minimum Gasteiger partial charge on any atom is -0.479 e. The summed E-state index contributed by atoms with van der Waals surface area (Å²) in [5.41, 5.74) is 0.748. The Morgan fingerprint density at radius 1 is 1.53 bits per heavy atom. The van der Waals surface area contributed by atoms with Crippen molar-refractivity contribution in [2.45, 2.75) is 20.0 Å². The lowest BCUT2D eigenvalue weighted by Crippen LogP contribution is -2.46. The molecular weight excluding hydrogens is 216 g/mol. The number of ether oxygens (including phenoxy) is 1. The molecule has 0 saturated carbocycles. The molecule has 1 aliphatic rings. The minimum atomic E-state index is -0.490. The molecular formula is C13H14N2O2. The molecule has 2 rings (SSSR count). The summed E-state index contributed by atoms with van der Waals surface area (Å²) in [5.74, 6) is 0.410. The Hall–Kier alpha value is -2.02. The number of fused-ring (bicyclic) bond motifs is 1. The highest BCUT2D eigenvalue weighted by Crippen LogP contribution is 2.33. The summed E-state index contributed by atoms with van der Waals surface area (Å²) in [6, 6.07) is 9.54. The van der Waals surface area contributed by atoms with Crippen molar-refractivity contribution in [3.8, 4) is 11.8 Å². The van der Waals surface area contributed by atoms with Crippen LogP contribution in [0.25, 0.3) is 0 Å². The van der Waals surface area contributed by atoms with Crippen LogP contribution >= 0.6 is 0 Å². The van der Waals surface area contributed by atoms with Gasteiger partial charge in [0.25, 0.3) is 5.91 Å². The largest absolute Gasteiger partial charge is 0.479 e. The average Bonchev–Trinajstić information content (AvgIpc) is 2.34. The summed E-state index contributed by atoms with van der Waals surface area (Å²) in [4.78, 5) is 13.7. The highest BCUT2D eigenvalue weighted by molar-refractivity contribution is 5.99. The Balaban J connectivity index is 2.36. The molecule has 4 nitrogen and oxygen atoms in total. The van der Waals surface area contributed by atoms with Gasteiger partial charge in [-0.1, -0.05) is 12.1 Å². The van der Waals surface area contributed by atoms with Crippen LogP contribution < -0.4 is 9.64 Å². The second kappa shape index (κ2) is 4.46. The van der Waals surface area contributed by atoms with Gasteiger partial charge >= 0.3 is 0 Å². The van der Waals surface area contributed by atoms with E-state index in [0.717, 1.165) is 5.69 Å². The van der Waals surface area contributed by atoms with Gasteiger partial charge in [0, 0.05) is 6.54 Å². The van der Waals surface area contributed by atoms with Gasteiger partial charge in [-0.3, -0.25) is 4.79 Å². The quantitative estimate of drug-likeness (QED) is 0.780. The molecule has 1 heterocycles. The smallest absolute Gasteiger partial charge is 0.267 e. The van der Waals surface area contributed by atoms with Crippen LogP contribution in [0, 0.1) is 17.2 Å². The number of rotatable bonds is 2.